The predicted molar refractivity (Wildman–Crippen MR) is 55.8 cm³/mol. The second-order valence-electron chi connectivity index (χ2n) is 3.11. The number of benzene rings is 1. The SMILES string of the molecule is CN(C)c1ccc(F)cc1C(=O)CCl. The maximum absolute atomic E-state index is 12.9. The van der Waals surface area contributed by atoms with Crippen molar-refractivity contribution in [2.24, 2.45) is 0 Å². The summed E-state index contributed by atoms with van der Waals surface area (Å²) in [6.45, 7) is 0. The predicted octanol–water partition coefficient (Wildman–Crippen LogP) is 2.31. The zero-order valence-electron chi connectivity index (χ0n) is 8.05. The standard InChI is InChI=1S/C10H11ClFNO/c1-13(2)9-4-3-7(12)5-8(9)10(14)6-11/h3-5H,6H2,1-2H3. The third kappa shape index (κ3) is 2.23. The summed E-state index contributed by atoms with van der Waals surface area (Å²) in [7, 11) is 3.58. The van der Waals surface area contributed by atoms with Crippen molar-refractivity contribution >= 4 is 23.1 Å². The second-order valence-corrected chi connectivity index (χ2v) is 3.38. The Morgan fingerprint density at radius 2 is 2.14 bits per heavy atom. The molecule has 0 atom stereocenters. The van der Waals surface area contributed by atoms with Crippen LogP contribution in [0.4, 0.5) is 10.1 Å². The molecule has 0 N–H and O–H groups in total. The fourth-order valence-corrected chi connectivity index (χ4v) is 1.34. The van der Waals surface area contributed by atoms with Gasteiger partial charge in [-0.3, -0.25) is 4.79 Å². The monoisotopic (exact) mass is 215 g/mol. The highest BCUT2D eigenvalue weighted by Crippen LogP contribution is 2.20. The number of alkyl halides is 1. The van der Waals surface area contributed by atoms with E-state index in [1.54, 1.807) is 25.1 Å². The van der Waals surface area contributed by atoms with Gasteiger partial charge in [-0.1, -0.05) is 0 Å². The molecule has 0 radical (unpaired) electrons. The number of carbonyl (C=O) groups is 1. The van der Waals surface area contributed by atoms with Crippen molar-refractivity contribution in [3.05, 3.63) is 29.6 Å². The van der Waals surface area contributed by atoms with Gasteiger partial charge in [0.15, 0.2) is 5.78 Å². The minimum absolute atomic E-state index is 0.135. The van der Waals surface area contributed by atoms with E-state index >= 15 is 0 Å². The summed E-state index contributed by atoms with van der Waals surface area (Å²) >= 11 is 5.43. The lowest BCUT2D eigenvalue weighted by Crippen LogP contribution is -2.14. The van der Waals surface area contributed by atoms with Crippen molar-refractivity contribution in [1.29, 1.82) is 0 Å². The summed E-state index contributed by atoms with van der Waals surface area (Å²) in [6, 6.07) is 4.09. The van der Waals surface area contributed by atoms with Gasteiger partial charge in [-0.25, -0.2) is 4.39 Å². The van der Waals surface area contributed by atoms with Crippen molar-refractivity contribution in [2.75, 3.05) is 24.9 Å². The molecule has 0 spiro atoms. The molecule has 1 rings (SSSR count). The lowest BCUT2D eigenvalue weighted by molar-refractivity contribution is 0.102. The van der Waals surface area contributed by atoms with Crippen molar-refractivity contribution in [3.8, 4) is 0 Å². The first kappa shape index (κ1) is 11.0. The first-order valence-corrected chi connectivity index (χ1v) is 4.65. The van der Waals surface area contributed by atoms with Crippen molar-refractivity contribution < 1.29 is 9.18 Å². The summed E-state index contributed by atoms with van der Waals surface area (Å²) in [5.74, 6) is -0.830. The summed E-state index contributed by atoms with van der Waals surface area (Å²) < 4.78 is 12.9. The summed E-state index contributed by atoms with van der Waals surface area (Å²) in [5, 5.41) is 0. The highest BCUT2D eigenvalue weighted by Gasteiger charge is 2.12. The first-order chi connectivity index (χ1) is 6.56. The fraction of sp³-hybridized carbons (Fsp3) is 0.300. The van der Waals surface area contributed by atoms with Gasteiger partial charge in [-0.15, -0.1) is 11.6 Å². The number of rotatable bonds is 3. The number of nitrogens with zero attached hydrogens (tertiary/aromatic N) is 1. The molecule has 0 unspecified atom stereocenters. The number of hydrogen-bond acceptors (Lipinski definition) is 2. The van der Waals surface area contributed by atoms with E-state index in [0.717, 1.165) is 0 Å². The van der Waals surface area contributed by atoms with E-state index in [9.17, 15) is 9.18 Å². The molecular formula is C10H11ClFNO. The van der Waals surface area contributed by atoms with E-state index in [0.29, 0.717) is 11.3 Å². The van der Waals surface area contributed by atoms with Gasteiger partial charge in [-0.2, -0.15) is 0 Å². The minimum Gasteiger partial charge on any atom is -0.377 e. The Balaban J connectivity index is 3.22. The molecule has 0 heterocycles. The Bertz CT molecular complexity index is 352. The van der Waals surface area contributed by atoms with Gasteiger partial charge in [0.25, 0.3) is 0 Å². The third-order valence-corrected chi connectivity index (χ3v) is 2.10. The number of ketones is 1. The molecule has 0 bridgehead atoms. The highest BCUT2D eigenvalue weighted by atomic mass is 35.5. The quantitative estimate of drug-likeness (QED) is 0.570. The van der Waals surface area contributed by atoms with Gasteiger partial charge in [0.1, 0.15) is 5.82 Å². The van der Waals surface area contributed by atoms with E-state index in [-0.39, 0.29) is 11.7 Å². The molecule has 0 aromatic heterocycles. The van der Waals surface area contributed by atoms with Crippen LogP contribution in [0.15, 0.2) is 18.2 Å². The number of anilines is 1. The molecule has 0 fully saturated rings. The zero-order valence-corrected chi connectivity index (χ0v) is 8.81. The van der Waals surface area contributed by atoms with Crippen LogP contribution in [-0.4, -0.2) is 25.8 Å². The number of carbonyl (C=O) groups excluding carboxylic acids is 1. The van der Waals surface area contributed by atoms with Crippen LogP contribution in [0.3, 0.4) is 0 Å². The third-order valence-electron chi connectivity index (χ3n) is 1.86. The molecule has 0 aliphatic carbocycles. The van der Waals surface area contributed by atoms with E-state index in [2.05, 4.69) is 0 Å². The summed E-state index contributed by atoms with van der Waals surface area (Å²) in [5.41, 5.74) is 1.00. The molecule has 0 aliphatic rings. The molecule has 14 heavy (non-hydrogen) atoms. The van der Waals surface area contributed by atoms with Gasteiger partial charge in [0.05, 0.1) is 5.88 Å². The summed E-state index contributed by atoms with van der Waals surface area (Å²) in [4.78, 5) is 13.1. The van der Waals surface area contributed by atoms with Crippen LogP contribution in [-0.2, 0) is 0 Å². The van der Waals surface area contributed by atoms with Crippen LogP contribution in [0.2, 0.25) is 0 Å². The average molecular weight is 216 g/mol. The molecule has 1 aromatic carbocycles. The normalized spacial score (nSPS) is 10.0. The van der Waals surface area contributed by atoms with Crippen LogP contribution in [0.5, 0.6) is 0 Å². The molecule has 1 aromatic rings. The van der Waals surface area contributed by atoms with Gasteiger partial charge in [0, 0.05) is 25.3 Å². The average Bonchev–Trinajstić information content (AvgIpc) is 2.16. The van der Waals surface area contributed by atoms with Crippen LogP contribution in [0.1, 0.15) is 10.4 Å². The van der Waals surface area contributed by atoms with Gasteiger partial charge in [-0.05, 0) is 18.2 Å². The summed E-state index contributed by atoms with van der Waals surface area (Å²) in [6.07, 6.45) is 0. The number of hydrogen-bond donors (Lipinski definition) is 0. The Morgan fingerprint density at radius 1 is 1.50 bits per heavy atom. The lowest BCUT2D eigenvalue weighted by atomic mass is 10.1. The molecule has 4 heteroatoms. The minimum atomic E-state index is -0.427. The van der Waals surface area contributed by atoms with Crippen LogP contribution >= 0.6 is 11.6 Å². The Kier molecular flexibility index (Phi) is 3.47. The molecule has 76 valence electrons. The molecule has 2 nitrogen and oxygen atoms in total. The maximum atomic E-state index is 12.9. The van der Waals surface area contributed by atoms with E-state index in [1.165, 1.54) is 12.1 Å². The largest absolute Gasteiger partial charge is 0.377 e. The van der Waals surface area contributed by atoms with Crippen LogP contribution in [0.25, 0.3) is 0 Å². The van der Waals surface area contributed by atoms with E-state index in [4.69, 9.17) is 11.6 Å². The number of halogens is 2. The van der Waals surface area contributed by atoms with Gasteiger partial charge in [0.2, 0.25) is 0 Å². The zero-order chi connectivity index (χ0) is 10.7. The molecular weight excluding hydrogens is 205 g/mol. The highest BCUT2D eigenvalue weighted by molar-refractivity contribution is 6.31. The van der Waals surface area contributed by atoms with E-state index < -0.39 is 5.82 Å². The Labute approximate surface area is 87.3 Å². The van der Waals surface area contributed by atoms with Gasteiger partial charge >= 0.3 is 0 Å². The molecule has 0 saturated heterocycles. The fourth-order valence-electron chi connectivity index (χ4n) is 1.19. The molecule has 0 amide bonds. The number of Topliss-reactive ketones (excluding diaryl/α,β-unsaturated/α-hetero) is 1. The van der Waals surface area contributed by atoms with Gasteiger partial charge < -0.3 is 4.90 Å². The molecule has 0 saturated carbocycles. The van der Waals surface area contributed by atoms with Crippen molar-refractivity contribution in [3.63, 3.8) is 0 Å². The Morgan fingerprint density at radius 3 is 2.64 bits per heavy atom. The van der Waals surface area contributed by atoms with Crippen molar-refractivity contribution in [2.45, 2.75) is 0 Å². The smallest absolute Gasteiger partial charge is 0.179 e. The van der Waals surface area contributed by atoms with Crippen LogP contribution < -0.4 is 4.90 Å². The second kappa shape index (κ2) is 4.42. The maximum Gasteiger partial charge on any atom is 0.179 e. The van der Waals surface area contributed by atoms with Crippen molar-refractivity contribution in [1.82, 2.24) is 0 Å². The first-order valence-electron chi connectivity index (χ1n) is 4.12. The Hall–Kier alpha value is -1.09. The molecule has 0 aliphatic heterocycles. The topological polar surface area (TPSA) is 20.3 Å². The lowest BCUT2D eigenvalue weighted by Gasteiger charge is -2.16. The van der Waals surface area contributed by atoms with Crippen LogP contribution in [0, 0.1) is 5.82 Å². The van der Waals surface area contributed by atoms with E-state index in [1.807, 2.05) is 0 Å².